The van der Waals surface area contributed by atoms with Crippen molar-refractivity contribution in [2.24, 2.45) is 7.05 Å². The maximum Gasteiger partial charge on any atom is 0.221 e. The maximum absolute atomic E-state index is 9.68. The van der Waals surface area contributed by atoms with E-state index in [4.69, 9.17) is 22.1 Å². The van der Waals surface area contributed by atoms with Crippen LogP contribution in [0.3, 0.4) is 0 Å². The van der Waals surface area contributed by atoms with E-state index in [-0.39, 0.29) is 11.1 Å². The number of nitrogen functional groups attached to an aromatic ring is 1. The summed E-state index contributed by atoms with van der Waals surface area (Å²) >= 11 is 6.06. The number of hydrogen-bond donors (Lipinski definition) is 3. The van der Waals surface area contributed by atoms with Gasteiger partial charge in [0.2, 0.25) is 5.95 Å². The number of aliphatic hydroxyl groups is 2. The number of ether oxygens (including phenoxy) is 1. The summed E-state index contributed by atoms with van der Waals surface area (Å²) in [6.07, 6.45) is 1.02. The number of anilines is 1. The summed E-state index contributed by atoms with van der Waals surface area (Å²) in [6.45, 7) is 1.97. The Morgan fingerprint density at radius 2 is 1.94 bits per heavy atom. The van der Waals surface area contributed by atoms with Gasteiger partial charge in [-0.15, -0.1) is 0 Å². The minimum Gasteiger partial charge on any atom is -0.492 e. The van der Waals surface area contributed by atoms with Gasteiger partial charge in [0.15, 0.2) is 0 Å². The number of likely N-dealkylation sites (tertiary alicyclic amines) is 1. The Morgan fingerprint density at radius 3 is 2.68 bits per heavy atom. The zero-order chi connectivity index (χ0) is 22.0. The molecule has 1 aliphatic heterocycles. The van der Waals surface area contributed by atoms with Crippen LogP contribution in [-0.4, -0.2) is 73.3 Å². The molecule has 0 unspecified atom stereocenters. The third kappa shape index (κ3) is 5.13. The van der Waals surface area contributed by atoms with Crippen LogP contribution in [0, 0.1) is 0 Å². The van der Waals surface area contributed by atoms with E-state index in [2.05, 4.69) is 15.1 Å². The molecule has 1 aliphatic rings. The van der Waals surface area contributed by atoms with E-state index in [1.165, 1.54) is 0 Å². The number of aryl methyl sites for hydroxylation is 1. The molecule has 0 saturated carbocycles. The van der Waals surface area contributed by atoms with Crippen LogP contribution in [0.25, 0.3) is 11.3 Å². The van der Waals surface area contributed by atoms with Crippen molar-refractivity contribution in [3.63, 3.8) is 0 Å². The van der Waals surface area contributed by atoms with Crippen LogP contribution in [0.5, 0.6) is 5.75 Å². The van der Waals surface area contributed by atoms with Gasteiger partial charge in [0.05, 0.1) is 23.6 Å². The van der Waals surface area contributed by atoms with Crippen molar-refractivity contribution >= 4 is 17.5 Å². The summed E-state index contributed by atoms with van der Waals surface area (Å²) in [5.74, 6) is 0.873. The maximum atomic E-state index is 9.68. The van der Waals surface area contributed by atoms with Gasteiger partial charge in [-0.2, -0.15) is 5.10 Å². The first-order chi connectivity index (χ1) is 14.9. The fraction of sp³-hybridized carbons (Fsp3) is 0.381. The second-order valence-corrected chi connectivity index (χ2v) is 8.01. The lowest BCUT2D eigenvalue weighted by Gasteiger charge is -2.16. The largest absolute Gasteiger partial charge is 0.492 e. The van der Waals surface area contributed by atoms with Gasteiger partial charge in [-0.1, -0.05) is 29.8 Å². The lowest BCUT2D eigenvalue weighted by molar-refractivity contribution is 0.0572. The van der Waals surface area contributed by atoms with Crippen LogP contribution in [-0.2, 0) is 13.5 Å². The summed E-state index contributed by atoms with van der Waals surface area (Å²) in [5.41, 5.74) is 9.01. The minimum absolute atomic E-state index is 0.109. The fourth-order valence-electron chi connectivity index (χ4n) is 3.74. The highest BCUT2D eigenvalue weighted by atomic mass is 35.5. The van der Waals surface area contributed by atoms with Crippen LogP contribution < -0.4 is 10.5 Å². The molecular formula is C21H25ClN6O3. The average Bonchev–Trinajstić information content (AvgIpc) is 3.23. The van der Waals surface area contributed by atoms with Crippen molar-refractivity contribution in [2.75, 3.05) is 32.0 Å². The number of aromatic nitrogens is 4. The summed E-state index contributed by atoms with van der Waals surface area (Å²) in [4.78, 5) is 10.2. The van der Waals surface area contributed by atoms with Gasteiger partial charge in [-0.05, 0) is 6.07 Å². The second-order valence-electron chi connectivity index (χ2n) is 7.62. The molecule has 1 fully saturated rings. The first kappa shape index (κ1) is 21.5. The second kappa shape index (κ2) is 9.19. The Morgan fingerprint density at radius 1 is 1.19 bits per heavy atom. The Balaban J connectivity index is 1.49. The van der Waals surface area contributed by atoms with E-state index in [0.717, 1.165) is 22.6 Å². The van der Waals surface area contributed by atoms with Crippen molar-refractivity contribution in [3.8, 4) is 17.0 Å². The number of benzene rings is 1. The van der Waals surface area contributed by atoms with Crippen molar-refractivity contribution in [3.05, 3.63) is 52.9 Å². The predicted molar refractivity (Wildman–Crippen MR) is 117 cm³/mol. The molecule has 0 radical (unpaired) electrons. The zero-order valence-corrected chi connectivity index (χ0v) is 17.9. The normalized spacial score (nSPS) is 19.1. The molecule has 3 aromatic rings. The number of nitrogens with zero attached hydrogens (tertiary/aromatic N) is 5. The Hall–Kier alpha value is -2.72. The molecule has 0 amide bonds. The number of rotatable bonds is 7. The molecule has 0 bridgehead atoms. The standard InChI is InChI=1S/C21H25ClN6O3/c1-27-10-14(15-9-20(22)25-21(23)24-15)16(26-27)8-13-4-2-3-5-19(13)31-7-6-28-11-17(29)18(30)12-28/h2-5,9-10,17-18,29-30H,6-8,11-12H2,1H3,(H2,23,24,25)/t17-,18-/m0/s1. The van der Waals surface area contributed by atoms with E-state index in [9.17, 15) is 10.2 Å². The lowest BCUT2D eigenvalue weighted by atomic mass is 10.0. The van der Waals surface area contributed by atoms with Gasteiger partial charge in [-0.3, -0.25) is 9.58 Å². The summed E-state index contributed by atoms with van der Waals surface area (Å²) < 4.78 is 7.75. The average molecular weight is 445 g/mol. The number of aliphatic hydroxyl groups excluding tert-OH is 2. The molecule has 0 aliphatic carbocycles. The van der Waals surface area contributed by atoms with E-state index < -0.39 is 12.2 Å². The molecular weight excluding hydrogens is 420 g/mol. The van der Waals surface area contributed by atoms with Crippen LogP contribution >= 0.6 is 11.6 Å². The van der Waals surface area contributed by atoms with Crippen LogP contribution in [0.2, 0.25) is 5.15 Å². The van der Waals surface area contributed by atoms with Crippen molar-refractivity contribution in [1.29, 1.82) is 0 Å². The number of nitrogens with two attached hydrogens (primary N) is 1. The quantitative estimate of drug-likeness (QED) is 0.463. The van der Waals surface area contributed by atoms with Crippen molar-refractivity contribution in [2.45, 2.75) is 18.6 Å². The van der Waals surface area contributed by atoms with E-state index in [1.807, 2.05) is 42.4 Å². The van der Waals surface area contributed by atoms with E-state index in [0.29, 0.717) is 38.4 Å². The smallest absolute Gasteiger partial charge is 0.221 e. The lowest BCUT2D eigenvalue weighted by Crippen LogP contribution is -2.27. The third-order valence-electron chi connectivity index (χ3n) is 5.22. The first-order valence-electron chi connectivity index (χ1n) is 10.0. The molecule has 2 atom stereocenters. The molecule has 0 spiro atoms. The van der Waals surface area contributed by atoms with Gasteiger partial charge >= 0.3 is 0 Å². The zero-order valence-electron chi connectivity index (χ0n) is 17.1. The Labute approximate surface area is 185 Å². The molecule has 4 N–H and O–H groups in total. The molecule has 164 valence electrons. The number of halogens is 1. The molecule has 2 aromatic heterocycles. The summed E-state index contributed by atoms with van der Waals surface area (Å²) in [7, 11) is 1.85. The third-order valence-corrected chi connectivity index (χ3v) is 5.42. The van der Waals surface area contributed by atoms with Gasteiger partial charge in [-0.25, -0.2) is 9.97 Å². The van der Waals surface area contributed by atoms with Gasteiger partial charge in [0, 0.05) is 56.5 Å². The van der Waals surface area contributed by atoms with Crippen molar-refractivity contribution in [1.82, 2.24) is 24.6 Å². The van der Waals surface area contributed by atoms with Crippen LogP contribution in [0.4, 0.5) is 5.95 Å². The molecule has 1 aromatic carbocycles. The highest BCUT2D eigenvalue weighted by Gasteiger charge is 2.29. The minimum atomic E-state index is -0.695. The molecule has 31 heavy (non-hydrogen) atoms. The number of β-amino-alcohol motifs (C(OH)–C–C–N with tert-alkyl or cyclic N) is 2. The van der Waals surface area contributed by atoms with Gasteiger partial charge in [0.1, 0.15) is 17.5 Å². The number of hydrogen-bond acceptors (Lipinski definition) is 8. The summed E-state index contributed by atoms with van der Waals surface area (Å²) in [6, 6.07) is 9.47. The SMILES string of the molecule is Cn1cc(-c2cc(Cl)nc(N)n2)c(Cc2ccccc2OCCN2C[C@H](O)[C@@H](O)C2)n1. The van der Waals surface area contributed by atoms with Crippen LogP contribution in [0.15, 0.2) is 36.5 Å². The molecule has 10 heteroatoms. The Bertz CT molecular complexity index is 1030. The van der Waals surface area contributed by atoms with Gasteiger partial charge < -0.3 is 20.7 Å². The highest BCUT2D eigenvalue weighted by Crippen LogP contribution is 2.28. The van der Waals surface area contributed by atoms with Crippen molar-refractivity contribution < 1.29 is 14.9 Å². The number of para-hydroxylation sites is 1. The topological polar surface area (TPSA) is 123 Å². The van der Waals surface area contributed by atoms with Crippen LogP contribution in [0.1, 0.15) is 11.3 Å². The van der Waals surface area contributed by atoms with E-state index in [1.54, 1.807) is 10.7 Å². The fourth-order valence-corrected chi connectivity index (χ4v) is 3.93. The monoisotopic (exact) mass is 444 g/mol. The predicted octanol–water partition coefficient (Wildman–Crippen LogP) is 1.12. The molecule has 4 rings (SSSR count). The molecule has 1 saturated heterocycles. The first-order valence-corrected chi connectivity index (χ1v) is 10.4. The summed E-state index contributed by atoms with van der Waals surface area (Å²) in [5, 5.41) is 24.2. The van der Waals surface area contributed by atoms with E-state index >= 15 is 0 Å². The van der Waals surface area contributed by atoms with Gasteiger partial charge in [0.25, 0.3) is 0 Å². The molecule has 9 nitrogen and oxygen atoms in total. The molecule has 3 heterocycles. The Kier molecular flexibility index (Phi) is 6.38. The highest BCUT2D eigenvalue weighted by molar-refractivity contribution is 6.29.